The fourth-order valence-electron chi connectivity index (χ4n) is 2.85. The second-order valence-electron chi connectivity index (χ2n) is 6.50. The molecule has 7 nitrogen and oxygen atoms in total. The van der Waals surface area contributed by atoms with Crippen molar-refractivity contribution in [3.05, 3.63) is 59.9 Å². The van der Waals surface area contributed by atoms with Crippen LogP contribution in [0, 0.1) is 5.82 Å². The lowest BCUT2D eigenvalue weighted by Gasteiger charge is -2.25. The number of hydrogen-bond acceptors (Lipinski definition) is 5. The maximum absolute atomic E-state index is 13.2. The Morgan fingerprint density at radius 1 is 1.21 bits per heavy atom. The third-order valence-electron chi connectivity index (χ3n) is 4.46. The van der Waals surface area contributed by atoms with Crippen LogP contribution in [0.2, 0.25) is 0 Å². The van der Waals surface area contributed by atoms with Crippen molar-refractivity contribution in [2.75, 3.05) is 51.8 Å². The Hall–Kier alpha value is -2.97. The van der Waals surface area contributed by atoms with Gasteiger partial charge in [-0.25, -0.2) is 4.39 Å². The fraction of sp³-hybridized carbons (Fsp3) is 0.333. The number of anilines is 1. The molecule has 0 aromatic heterocycles. The summed E-state index contributed by atoms with van der Waals surface area (Å²) >= 11 is 0. The van der Waals surface area contributed by atoms with E-state index in [0.717, 1.165) is 32.8 Å². The summed E-state index contributed by atoms with van der Waals surface area (Å²) in [6.07, 6.45) is 0. The molecule has 1 fully saturated rings. The summed E-state index contributed by atoms with van der Waals surface area (Å²) in [4.78, 5) is 19.4. The van der Waals surface area contributed by atoms with E-state index in [1.165, 1.54) is 12.1 Å². The van der Waals surface area contributed by atoms with E-state index < -0.39 is 0 Å². The molecule has 0 aliphatic carbocycles. The lowest BCUT2D eigenvalue weighted by Crippen LogP contribution is -2.39. The number of halogens is 1. The predicted molar refractivity (Wildman–Crippen MR) is 110 cm³/mol. The van der Waals surface area contributed by atoms with Crippen LogP contribution >= 0.6 is 0 Å². The molecule has 2 aromatic rings. The van der Waals surface area contributed by atoms with Crippen LogP contribution in [-0.2, 0) is 4.74 Å². The lowest BCUT2D eigenvalue weighted by atomic mass is 10.2. The van der Waals surface area contributed by atoms with E-state index in [4.69, 9.17) is 9.47 Å². The van der Waals surface area contributed by atoms with Gasteiger partial charge >= 0.3 is 0 Å². The monoisotopic (exact) mass is 400 g/mol. The average molecular weight is 400 g/mol. The second-order valence-corrected chi connectivity index (χ2v) is 6.50. The van der Waals surface area contributed by atoms with E-state index in [0.29, 0.717) is 29.5 Å². The van der Waals surface area contributed by atoms with E-state index in [1.54, 1.807) is 43.5 Å². The van der Waals surface area contributed by atoms with Crippen molar-refractivity contribution in [1.29, 1.82) is 0 Å². The van der Waals surface area contributed by atoms with Gasteiger partial charge in [-0.15, -0.1) is 0 Å². The number of nitrogens with one attached hydrogen (secondary N) is 2. The second kappa shape index (κ2) is 10.5. The summed E-state index contributed by atoms with van der Waals surface area (Å²) in [6.45, 7) is 4.43. The molecule has 1 saturated heterocycles. The molecule has 0 spiro atoms. The van der Waals surface area contributed by atoms with Gasteiger partial charge in [0.2, 0.25) is 5.96 Å². The van der Waals surface area contributed by atoms with Crippen LogP contribution in [0.3, 0.4) is 0 Å². The lowest BCUT2D eigenvalue weighted by molar-refractivity contribution is 0.0394. The van der Waals surface area contributed by atoms with Gasteiger partial charge in [-0.3, -0.25) is 20.0 Å². The van der Waals surface area contributed by atoms with Gasteiger partial charge < -0.3 is 14.8 Å². The van der Waals surface area contributed by atoms with E-state index >= 15 is 0 Å². The van der Waals surface area contributed by atoms with Gasteiger partial charge in [0.1, 0.15) is 11.6 Å². The molecule has 1 heterocycles. The molecule has 2 N–H and O–H groups in total. The molecule has 0 saturated carbocycles. The van der Waals surface area contributed by atoms with Crippen LogP contribution in [0.25, 0.3) is 0 Å². The van der Waals surface area contributed by atoms with E-state index in [2.05, 4.69) is 20.5 Å². The van der Waals surface area contributed by atoms with Gasteiger partial charge in [0.25, 0.3) is 5.91 Å². The van der Waals surface area contributed by atoms with Gasteiger partial charge in [-0.2, -0.15) is 0 Å². The van der Waals surface area contributed by atoms with Crippen molar-refractivity contribution in [3.8, 4) is 5.75 Å². The van der Waals surface area contributed by atoms with Crippen LogP contribution in [0.4, 0.5) is 10.1 Å². The molecule has 1 aliphatic rings. The highest BCUT2D eigenvalue weighted by Crippen LogP contribution is 2.13. The molecule has 3 rings (SSSR count). The van der Waals surface area contributed by atoms with E-state index in [1.807, 2.05) is 0 Å². The SMILES string of the molecule is COc1cccc(C(=O)NC(=NCCN2CCOCC2)Nc2ccc(F)cc2)c1. The molecule has 29 heavy (non-hydrogen) atoms. The Balaban J connectivity index is 1.68. The Morgan fingerprint density at radius 3 is 2.69 bits per heavy atom. The molecule has 154 valence electrons. The van der Waals surface area contributed by atoms with Gasteiger partial charge in [-0.1, -0.05) is 6.07 Å². The largest absolute Gasteiger partial charge is 0.497 e. The molecule has 1 amide bonds. The number of benzene rings is 2. The number of morpholine rings is 1. The molecule has 2 aromatic carbocycles. The zero-order chi connectivity index (χ0) is 20.5. The molecule has 1 aliphatic heterocycles. The van der Waals surface area contributed by atoms with Crippen LogP contribution in [-0.4, -0.2) is 63.3 Å². The van der Waals surface area contributed by atoms with Crippen molar-refractivity contribution in [3.63, 3.8) is 0 Å². The van der Waals surface area contributed by atoms with Crippen molar-refractivity contribution in [2.24, 2.45) is 4.99 Å². The maximum atomic E-state index is 13.2. The summed E-state index contributed by atoms with van der Waals surface area (Å²) in [5.41, 5.74) is 1.08. The average Bonchev–Trinajstić information content (AvgIpc) is 2.76. The Labute approximate surface area is 169 Å². The predicted octanol–water partition coefficient (Wildman–Crippen LogP) is 2.36. The van der Waals surface area contributed by atoms with Crippen LogP contribution in [0.15, 0.2) is 53.5 Å². The summed E-state index contributed by atoms with van der Waals surface area (Å²) in [7, 11) is 1.55. The number of carbonyl (C=O) groups excluding carboxylic acids is 1. The number of hydrogen-bond donors (Lipinski definition) is 2. The number of aliphatic imine (C=N–C) groups is 1. The number of rotatable bonds is 6. The quantitative estimate of drug-likeness (QED) is 0.575. The van der Waals surface area contributed by atoms with Crippen molar-refractivity contribution in [1.82, 2.24) is 10.2 Å². The first kappa shape index (κ1) is 20.8. The summed E-state index contributed by atoms with van der Waals surface area (Å²) in [6, 6.07) is 12.7. The maximum Gasteiger partial charge on any atom is 0.258 e. The minimum Gasteiger partial charge on any atom is -0.497 e. The first-order valence-corrected chi connectivity index (χ1v) is 9.46. The highest BCUT2D eigenvalue weighted by Gasteiger charge is 2.12. The summed E-state index contributed by atoms with van der Waals surface area (Å²) < 4.78 is 23.7. The number of amides is 1. The number of methoxy groups -OCH3 is 1. The molecule has 0 atom stereocenters. The minimum atomic E-state index is -0.332. The third kappa shape index (κ3) is 6.55. The number of guanidine groups is 1. The normalized spacial score (nSPS) is 15.0. The highest BCUT2D eigenvalue weighted by molar-refractivity contribution is 6.10. The first-order chi connectivity index (χ1) is 14.1. The van der Waals surface area contributed by atoms with Crippen LogP contribution < -0.4 is 15.4 Å². The number of nitrogens with zero attached hydrogens (tertiary/aromatic N) is 2. The van der Waals surface area contributed by atoms with Gasteiger partial charge in [-0.05, 0) is 42.5 Å². The fourth-order valence-corrected chi connectivity index (χ4v) is 2.85. The smallest absolute Gasteiger partial charge is 0.258 e. The van der Waals surface area contributed by atoms with Gasteiger partial charge in [0.05, 0.1) is 26.9 Å². The summed E-state index contributed by atoms with van der Waals surface area (Å²) in [5.74, 6) is 0.248. The summed E-state index contributed by atoms with van der Waals surface area (Å²) in [5, 5.41) is 5.84. The molecule has 0 unspecified atom stereocenters. The molecular weight excluding hydrogens is 375 g/mol. The Kier molecular flexibility index (Phi) is 7.54. The molecule has 8 heteroatoms. The van der Waals surface area contributed by atoms with Gasteiger partial charge in [0, 0.05) is 30.9 Å². The Bertz CT molecular complexity index is 836. The zero-order valence-corrected chi connectivity index (χ0v) is 16.4. The van der Waals surface area contributed by atoms with Crippen molar-refractivity contribution < 1.29 is 18.7 Å². The first-order valence-electron chi connectivity index (χ1n) is 9.46. The number of ether oxygens (including phenoxy) is 2. The van der Waals surface area contributed by atoms with Crippen LogP contribution in [0.5, 0.6) is 5.75 Å². The standard InChI is InChI=1S/C21H25FN4O3/c1-28-19-4-2-3-16(15-19)20(27)25-21(24-18-7-5-17(22)6-8-18)23-9-10-26-11-13-29-14-12-26/h2-8,15H,9-14H2,1H3,(H2,23,24,25,27). The molecule has 0 bridgehead atoms. The topological polar surface area (TPSA) is 75.2 Å². The van der Waals surface area contributed by atoms with Crippen molar-refractivity contribution in [2.45, 2.75) is 0 Å². The van der Waals surface area contributed by atoms with Gasteiger partial charge in [0.15, 0.2) is 0 Å². The third-order valence-corrected chi connectivity index (χ3v) is 4.46. The molecule has 0 radical (unpaired) electrons. The van der Waals surface area contributed by atoms with E-state index in [-0.39, 0.29) is 11.7 Å². The zero-order valence-electron chi connectivity index (χ0n) is 16.4. The minimum absolute atomic E-state index is 0.303. The Morgan fingerprint density at radius 2 is 1.97 bits per heavy atom. The van der Waals surface area contributed by atoms with E-state index in [9.17, 15) is 9.18 Å². The highest BCUT2D eigenvalue weighted by atomic mass is 19.1. The molecular formula is C21H25FN4O3. The van der Waals surface area contributed by atoms with Crippen LogP contribution in [0.1, 0.15) is 10.4 Å². The van der Waals surface area contributed by atoms with Crippen molar-refractivity contribution >= 4 is 17.6 Å². The number of carbonyl (C=O) groups is 1.